The molecule has 120 valence electrons. The van der Waals surface area contributed by atoms with E-state index in [9.17, 15) is 14.7 Å². The maximum Gasteiger partial charge on any atom is 0.265 e. The average Bonchev–Trinajstić information content (AvgIpc) is 2.49. The van der Waals surface area contributed by atoms with Crippen LogP contribution in [0, 0.1) is 0 Å². The van der Waals surface area contributed by atoms with Gasteiger partial charge in [0, 0.05) is 11.0 Å². The summed E-state index contributed by atoms with van der Waals surface area (Å²) in [5.74, 6) is -0.936. The molecule has 2 rings (SSSR count). The Bertz CT molecular complexity index is 745. The van der Waals surface area contributed by atoms with Crippen LogP contribution in [-0.2, 0) is 9.59 Å². The lowest BCUT2D eigenvalue weighted by molar-refractivity contribution is -0.128. The number of carbonyl (C=O) groups excluding carboxylic acids is 2. The second kappa shape index (κ2) is 6.93. The molecule has 0 radical (unpaired) electrons. The molecule has 0 aliphatic carbocycles. The quantitative estimate of drug-likeness (QED) is 0.352. The Labute approximate surface area is 146 Å². The Morgan fingerprint density at radius 1 is 1.48 bits per heavy atom. The minimum absolute atomic E-state index is 0.0411. The highest BCUT2D eigenvalue weighted by atomic mass is 79.9. The molecule has 0 saturated carbocycles. The first-order chi connectivity index (χ1) is 10.9. The standard InChI is InChI=1S/C15H13BrN2O4S/c1-3-4-18-14(21)9(13(20)17-15(18)23)5-8-6-12(22-2)11(19)7-10(8)16/h3,5-7,19H,1,4H2,2H3,(H,17,20,23)/b9-5+. The summed E-state index contributed by atoms with van der Waals surface area (Å²) < 4.78 is 5.54. The molecule has 2 N–H and O–H groups in total. The molecular formula is C15H13BrN2O4S. The Hall–Kier alpha value is -2.19. The fourth-order valence-corrected chi connectivity index (χ4v) is 2.67. The number of benzene rings is 1. The molecule has 1 aliphatic rings. The lowest BCUT2D eigenvalue weighted by atomic mass is 10.1. The summed E-state index contributed by atoms with van der Waals surface area (Å²) in [5.41, 5.74) is 0.429. The lowest BCUT2D eigenvalue weighted by Gasteiger charge is -2.27. The molecule has 1 aliphatic heterocycles. The average molecular weight is 397 g/mol. The van der Waals surface area contributed by atoms with Crippen molar-refractivity contribution >= 4 is 51.2 Å². The van der Waals surface area contributed by atoms with Crippen LogP contribution in [0.3, 0.4) is 0 Å². The van der Waals surface area contributed by atoms with E-state index in [0.29, 0.717) is 10.0 Å². The number of nitrogens with zero attached hydrogens (tertiary/aromatic N) is 1. The molecule has 8 heteroatoms. The van der Waals surface area contributed by atoms with E-state index in [-0.39, 0.29) is 28.7 Å². The van der Waals surface area contributed by atoms with Gasteiger partial charge in [0.1, 0.15) is 5.57 Å². The molecule has 23 heavy (non-hydrogen) atoms. The van der Waals surface area contributed by atoms with Crippen molar-refractivity contribution in [3.8, 4) is 11.5 Å². The third-order valence-electron chi connectivity index (χ3n) is 3.10. The van der Waals surface area contributed by atoms with Crippen LogP contribution in [0.15, 0.2) is 34.8 Å². The molecule has 0 bridgehead atoms. The molecule has 0 aromatic heterocycles. The van der Waals surface area contributed by atoms with E-state index in [4.69, 9.17) is 17.0 Å². The van der Waals surface area contributed by atoms with E-state index in [0.717, 1.165) is 0 Å². The van der Waals surface area contributed by atoms with Crippen molar-refractivity contribution in [3.63, 3.8) is 0 Å². The van der Waals surface area contributed by atoms with Crippen molar-refractivity contribution in [3.05, 3.63) is 40.4 Å². The highest BCUT2D eigenvalue weighted by Gasteiger charge is 2.32. The fourth-order valence-electron chi connectivity index (χ4n) is 1.98. The van der Waals surface area contributed by atoms with Crippen LogP contribution in [0.4, 0.5) is 0 Å². The number of halogens is 1. The molecule has 1 heterocycles. The first-order valence-electron chi connectivity index (χ1n) is 6.45. The van der Waals surface area contributed by atoms with Gasteiger partial charge in [0.15, 0.2) is 16.6 Å². The predicted molar refractivity (Wildman–Crippen MR) is 93.0 cm³/mol. The molecule has 0 unspecified atom stereocenters. The summed E-state index contributed by atoms with van der Waals surface area (Å²) in [7, 11) is 1.41. The topological polar surface area (TPSA) is 78.9 Å². The van der Waals surface area contributed by atoms with E-state index in [1.807, 2.05) is 0 Å². The predicted octanol–water partition coefficient (Wildman–Crippen LogP) is 1.98. The van der Waals surface area contributed by atoms with Gasteiger partial charge in [-0.2, -0.15) is 0 Å². The van der Waals surface area contributed by atoms with Crippen molar-refractivity contribution in [2.75, 3.05) is 13.7 Å². The zero-order chi connectivity index (χ0) is 17.1. The number of methoxy groups -OCH3 is 1. The van der Waals surface area contributed by atoms with Crippen LogP contribution in [0.2, 0.25) is 0 Å². The summed E-state index contributed by atoms with van der Waals surface area (Å²) in [5, 5.41) is 12.2. The van der Waals surface area contributed by atoms with Crippen LogP contribution in [0.25, 0.3) is 6.08 Å². The number of carbonyl (C=O) groups is 2. The number of nitrogens with one attached hydrogen (secondary N) is 1. The van der Waals surface area contributed by atoms with Gasteiger partial charge in [0.25, 0.3) is 11.8 Å². The lowest BCUT2D eigenvalue weighted by Crippen LogP contribution is -2.53. The molecular weight excluding hydrogens is 384 g/mol. The van der Waals surface area contributed by atoms with E-state index < -0.39 is 11.8 Å². The number of hydrogen-bond acceptors (Lipinski definition) is 5. The highest BCUT2D eigenvalue weighted by Crippen LogP contribution is 2.33. The molecule has 1 aromatic rings. The van der Waals surface area contributed by atoms with Gasteiger partial charge in [0.05, 0.1) is 7.11 Å². The van der Waals surface area contributed by atoms with Crippen LogP contribution < -0.4 is 10.1 Å². The van der Waals surface area contributed by atoms with E-state index in [1.54, 1.807) is 0 Å². The summed E-state index contributed by atoms with van der Waals surface area (Å²) in [4.78, 5) is 25.7. The first kappa shape index (κ1) is 17.2. The van der Waals surface area contributed by atoms with Gasteiger partial charge >= 0.3 is 0 Å². The van der Waals surface area contributed by atoms with Gasteiger partial charge in [-0.15, -0.1) is 6.58 Å². The van der Waals surface area contributed by atoms with Crippen molar-refractivity contribution in [2.24, 2.45) is 0 Å². The molecule has 0 atom stereocenters. The van der Waals surface area contributed by atoms with Crippen molar-refractivity contribution < 1.29 is 19.4 Å². The minimum atomic E-state index is -0.584. The fraction of sp³-hybridized carbons (Fsp3) is 0.133. The number of thiocarbonyl (C=S) groups is 1. The Kier molecular flexibility index (Phi) is 5.17. The second-order valence-corrected chi connectivity index (χ2v) is 5.81. The van der Waals surface area contributed by atoms with Crippen molar-refractivity contribution in [1.29, 1.82) is 0 Å². The summed E-state index contributed by atoms with van der Waals surface area (Å²) in [6, 6.07) is 2.93. The van der Waals surface area contributed by atoms with E-state index >= 15 is 0 Å². The van der Waals surface area contributed by atoms with Crippen molar-refractivity contribution in [2.45, 2.75) is 0 Å². The Balaban J connectivity index is 2.48. The van der Waals surface area contributed by atoms with Gasteiger partial charge in [-0.05, 0) is 36.0 Å². The third kappa shape index (κ3) is 3.43. The molecule has 1 saturated heterocycles. The third-order valence-corrected chi connectivity index (χ3v) is 4.10. The number of rotatable bonds is 4. The number of phenolic OH excluding ortho intramolecular Hbond substituents is 1. The zero-order valence-corrected chi connectivity index (χ0v) is 14.5. The normalized spacial score (nSPS) is 16.5. The maximum absolute atomic E-state index is 12.4. The van der Waals surface area contributed by atoms with Gasteiger partial charge < -0.3 is 9.84 Å². The van der Waals surface area contributed by atoms with Crippen LogP contribution in [-0.4, -0.2) is 40.6 Å². The number of amides is 2. The van der Waals surface area contributed by atoms with Gasteiger partial charge in [-0.3, -0.25) is 19.8 Å². The first-order valence-corrected chi connectivity index (χ1v) is 7.65. The van der Waals surface area contributed by atoms with Crippen molar-refractivity contribution in [1.82, 2.24) is 10.2 Å². The largest absolute Gasteiger partial charge is 0.504 e. The Morgan fingerprint density at radius 2 is 2.17 bits per heavy atom. The molecule has 2 amide bonds. The number of hydrogen-bond donors (Lipinski definition) is 2. The second-order valence-electron chi connectivity index (χ2n) is 4.57. The van der Waals surface area contributed by atoms with Gasteiger partial charge in [-0.25, -0.2) is 0 Å². The summed E-state index contributed by atoms with van der Waals surface area (Å²) in [6.07, 6.45) is 2.92. The van der Waals surface area contributed by atoms with Crippen LogP contribution in [0.1, 0.15) is 5.56 Å². The molecule has 1 aromatic carbocycles. The number of phenols is 1. The van der Waals surface area contributed by atoms with E-state index in [1.165, 1.54) is 36.3 Å². The monoisotopic (exact) mass is 396 g/mol. The van der Waals surface area contributed by atoms with Crippen LogP contribution in [0.5, 0.6) is 11.5 Å². The highest BCUT2D eigenvalue weighted by molar-refractivity contribution is 9.10. The minimum Gasteiger partial charge on any atom is -0.504 e. The van der Waals surface area contributed by atoms with Crippen LogP contribution >= 0.6 is 28.1 Å². The molecule has 6 nitrogen and oxygen atoms in total. The zero-order valence-electron chi connectivity index (χ0n) is 12.1. The molecule has 1 fully saturated rings. The Morgan fingerprint density at radius 3 is 2.78 bits per heavy atom. The van der Waals surface area contributed by atoms with Gasteiger partial charge in [-0.1, -0.05) is 22.0 Å². The smallest absolute Gasteiger partial charge is 0.265 e. The summed E-state index contributed by atoms with van der Waals surface area (Å²) >= 11 is 8.26. The summed E-state index contributed by atoms with van der Waals surface area (Å²) in [6.45, 7) is 3.75. The number of aromatic hydroxyl groups is 1. The van der Waals surface area contributed by atoms with Gasteiger partial charge in [0.2, 0.25) is 0 Å². The maximum atomic E-state index is 12.4. The molecule has 0 spiro atoms. The van der Waals surface area contributed by atoms with E-state index in [2.05, 4.69) is 27.8 Å². The number of ether oxygens (including phenoxy) is 1. The SMILES string of the molecule is C=CCN1C(=O)/C(=C/c2cc(OC)c(O)cc2Br)C(=O)NC1=S.